The minimum atomic E-state index is -0.114. The van der Waals surface area contributed by atoms with Gasteiger partial charge in [0.15, 0.2) is 4.34 Å². The van der Waals surface area contributed by atoms with E-state index in [4.69, 9.17) is 0 Å². The first kappa shape index (κ1) is 13.2. The van der Waals surface area contributed by atoms with Gasteiger partial charge in [-0.15, -0.1) is 0 Å². The maximum Gasteiger partial charge on any atom is 0.251 e. The highest BCUT2D eigenvalue weighted by molar-refractivity contribution is 8.01. The van der Waals surface area contributed by atoms with Gasteiger partial charge in [0.25, 0.3) is 5.56 Å². The minimum absolute atomic E-state index is 0.0512. The number of rotatable bonds is 4. The van der Waals surface area contributed by atoms with E-state index in [2.05, 4.69) is 19.3 Å². The van der Waals surface area contributed by atoms with Crippen molar-refractivity contribution in [2.75, 3.05) is 0 Å². The predicted octanol–water partition coefficient (Wildman–Crippen LogP) is 2.35. The van der Waals surface area contributed by atoms with Gasteiger partial charge < -0.3 is 4.98 Å². The maximum absolute atomic E-state index is 11.4. The number of nitrogens with zero attached hydrogens (tertiary/aromatic N) is 3. The number of hydrogen-bond donors (Lipinski definition) is 1. The lowest BCUT2D eigenvalue weighted by Crippen LogP contribution is -2.12. The zero-order valence-electron chi connectivity index (χ0n) is 10.4. The SMILES string of the molecule is CCc1nsc(S[C@@H](C)c2nc(C)cc(=O)[nH]2)n1. The molecule has 0 fully saturated rings. The Balaban J connectivity index is 2.16. The first-order chi connectivity index (χ1) is 8.58. The molecule has 0 bridgehead atoms. The van der Waals surface area contributed by atoms with Gasteiger partial charge >= 0.3 is 0 Å². The number of aryl methyl sites for hydroxylation is 2. The lowest BCUT2D eigenvalue weighted by molar-refractivity contribution is 0.880. The van der Waals surface area contributed by atoms with Crippen molar-refractivity contribution in [2.45, 2.75) is 36.8 Å². The Morgan fingerprint density at radius 3 is 2.89 bits per heavy atom. The molecule has 0 saturated heterocycles. The largest absolute Gasteiger partial charge is 0.310 e. The Bertz CT molecular complexity index is 593. The highest BCUT2D eigenvalue weighted by atomic mass is 32.2. The van der Waals surface area contributed by atoms with Crippen LogP contribution in [-0.2, 0) is 6.42 Å². The van der Waals surface area contributed by atoms with E-state index in [0.29, 0.717) is 5.82 Å². The molecule has 0 aromatic carbocycles. The van der Waals surface area contributed by atoms with Crippen molar-refractivity contribution in [2.24, 2.45) is 0 Å². The smallest absolute Gasteiger partial charge is 0.251 e. The van der Waals surface area contributed by atoms with Crippen LogP contribution in [0.1, 0.15) is 36.4 Å². The summed E-state index contributed by atoms with van der Waals surface area (Å²) in [5.74, 6) is 1.54. The van der Waals surface area contributed by atoms with Crippen molar-refractivity contribution in [3.63, 3.8) is 0 Å². The number of thioether (sulfide) groups is 1. The molecular weight excluding hydrogens is 268 g/mol. The first-order valence-corrected chi connectivity index (χ1v) is 7.31. The number of nitrogens with one attached hydrogen (secondary N) is 1. The van der Waals surface area contributed by atoms with Crippen LogP contribution in [-0.4, -0.2) is 19.3 Å². The monoisotopic (exact) mass is 282 g/mol. The van der Waals surface area contributed by atoms with Crippen LogP contribution in [0.2, 0.25) is 0 Å². The molecule has 5 nitrogen and oxygen atoms in total. The first-order valence-electron chi connectivity index (χ1n) is 5.65. The Morgan fingerprint density at radius 1 is 1.50 bits per heavy atom. The second-order valence-electron chi connectivity index (χ2n) is 3.86. The summed E-state index contributed by atoms with van der Waals surface area (Å²) >= 11 is 2.95. The summed E-state index contributed by atoms with van der Waals surface area (Å²) in [5.41, 5.74) is 0.615. The third-order valence-electron chi connectivity index (χ3n) is 2.32. The molecule has 7 heteroatoms. The second-order valence-corrected chi connectivity index (χ2v) is 6.20. The van der Waals surface area contributed by atoms with Crippen molar-refractivity contribution in [3.8, 4) is 0 Å². The van der Waals surface area contributed by atoms with E-state index in [9.17, 15) is 4.79 Å². The third-order valence-corrected chi connectivity index (χ3v) is 4.25. The standard InChI is InChI=1S/C11H14N4OS2/c1-4-8-13-11(18-15-8)17-7(3)10-12-6(2)5-9(16)14-10/h5,7H,4H2,1-3H3,(H,12,14,16)/t7-/m0/s1. The molecule has 0 aliphatic heterocycles. The van der Waals surface area contributed by atoms with Gasteiger partial charge in [-0.05, 0) is 25.4 Å². The van der Waals surface area contributed by atoms with Crippen LogP contribution < -0.4 is 5.56 Å². The predicted molar refractivity (Wildman–Crippen MR) is 73.2 cm³/mol. The topological polar surface area (TPSA) is 71.5 Å². The average molecular weight is 282 g/mol. The zero-order chi connectivity index (χ0) is 13.1. The van der Waals surface area contributed by atoms with E-state index in [1.165, 1.54) is 17.6 Å². The zero-order valence-corrected chi connectivity index (χ0v) is 12.1. The number of hydrogen-bond acceptors (Lipinski definition) is 6. The Hall–Kier alpha value is -1.21. The van der Waals surface area contributed by atoms with Gasteiger partial charge in [0, 0.05) is 18.2 Å². The van der Waals surface area contributed by atoms with Gasteiger partial charge in [0.2, 0.25) is 0 Å². The number of aromatic nitrogens is 4. The molecule has 2 aromatic rings. The molecule has 0 spiro atoms. The molecule has 0 amide bonds. The van der Waals surface area contributed by atoms with Crippen molar-refractivity contribution < 1.29 is 0 Å². The van der Waals surface area contributed by atoms with Crippen LogP contribution >= 0.6 is 23.3 Å². The third kappa shape index (κ3) is 3.17. The Kier molecular flexibility index (Phi) is 4.13. The van der Waals surface area contributed by atoms with E-state index in [1.54, 1.807) is 11.8 Å². The summed E-state index contributed by atoms with van der Waals surface area (Å²) < 4.78 is 5.14. The van der Waals surface area contributed by atoms with Crippen LogP contribution in [0.5, 0.6) is 0 Å². The molecule has 96 valence electrons. The van der Waals surface area contributed by atoms with Gasteiger partial charge in [-0.25, -0.2) is 9.97 Å². The molecular formula is C11H14N4OS2. The number of aromatic amines is 1. The second kappa shape index (κ2) is 5.62. The van der Waals surface area contributed by atoms with Crippen molar-refractivity contribution in [1.82, 2.24) is 19.3 Å². The molecule has 0 aliphatic rings. The number of H-pyrrole nitrogens is 1. The molecule has 18 heavy (non-hydrogen) atoms. The van der Waals surface area contributed by atoms with E-state index < -0.39 is 0 Å². The molecule has 2 aromatic heterocycles. The fraction of sp³-hybridized carbons (Fsp3) is 0.455. The summed E-state index contributed by atoms with van der Waals surface area (Å²) in [6.07, 6.45) is 0.838. The van der Waals surface area contributed by atoms with Crippen LogP contribution in [0.3, 0.4) is 0 Å². The summed E-state index contributed by atoms with van der Waals surface area (Å²) in [4.78, 5) is 22.9. The van der Waals surface area contributed by atoms with Crippen LogP contribution in [0.15, 0.2) is 15.2 Å². The molecule has 2 rings (SSSR count). The van der Waals surface area contributed by atoms with Crippen LogP contribution in [0.4, 0.5) is 0 Å². The molecule has 1 atom stereocenters. The molecule has 1 N–H and O–H groups in total. The summed E-state index contributed by atoms with van der Waals surface area (Å²) in [6, 6.07) is 1.49. The molecule has 2 heterocycles. The van der Waals surface area contributed by atoms with Crippen molar-refractivity contribution in [3.05, 3.63) is 33.8 Å². The fourth-order valence-corrected chi connectivity index (χ4v) is 3.33. The minimum Gasteiger partial charge on any atom is -0.310 e. The molecule has 0 aliphatic carbocycles. The van der Waals surface area contributed by atoms with Crippen molar-refractivity contribution in [1.29, 1.82) is 0 Å². The van der Waals surface area contributed by atoms with E-state index >= 15 is 0 Å². The van der Waals surface area contributed by atoms with Crippen LogP contribution in [0, 0.1) is 6.92 Å². The van der Waals surface area contributed by atoms with E-state index in [1.807, 2.05) is 20.8 Å². The lowest BCUT2D eigenvalue weighted by Gasteiger charge is -2.08. The summed E-state index contributed by atoms with van der Waals surface area (Å²) in [5, 5.41) is 0.0512. The molecule has 0 radical (unpaired) electrons. The lowest BCUT2D eigenvalue weighted by atomic mass is 10.4. The quantitative estimate of drug-likeness (QED) is 0.871. The highest BCUT2D eigenvalue weighted by Crippen LogP contribution is 2.33. The highest BCUT2D eigenvalue weighted by Gasteiger charge is 2.13. The fourth-order valence-electron chi connectivity index (χ4n) is 1.43. The molecule has 0 unspecified atom stereocenters. The Labute approximate surface area is 113 Å². The van der Waals surface area contributed by atoms with Gasteiger partial charge in [0.05, 0.1) is 5.25 Å². The summed E-state index contributed by atoms with van der Waals surface area (Å²) in [6.45, 7) is 5.84. The van der Waals surface area contributed by atoms with Gasteiger partial charge in [-0.2, -0.15) is 4.37 Å². The Morgan fingerprint density at radius 2 is 2.28 bits per heavy atom. The van der Waals surface area contributed by atoms with Crippen LogP contribution in [0.25, 0.3) is 0 Å². The van der Waals surface area contributed by atoms with Gasteiger partial charge in [-0.1, -0.05) is 18.7 Å². The van der Waals surface area contributed by atoms with Gasteiger partial charge in [0.1, 0.15) is 11.6 Å². The van der Waals surface area contributed by atoms with Crippen molar-refractivity contribution >= 4 is 23.3 Å². The normalized spacial score (nSPS) is 12.6. The molecule has 0 saturated carbocycles. The summed E-state index contributed by atoms with van der Waals surface area (Å²) in [7, 11) is 0. The van der Waals surface area contributed by atoms with E-state index in [0.717, 1.165) is 22.3 Å². The maximum atomic E-state index is 11.4. The average Bonchev–Trinajstić information content (AvgIpc) is 2.75. The van der Waals surface area contributed by atoms with E-state index in [-0.39, 0.29) is 10.8 Å². The van der Waals surface area contributed by atoms with Gasteiger partial charge in [-0.3, -0.25) is 4.79 Å².